The second kappa shape index (κ2) is 9.78. The second-order valence-electron chi connectivity index (χ2n) is 7.20. The molecule has 5 nitrogen and oxygen atoms in total. The van der Waals surface area contributed by atoms with Gasteiger partial charge >= 0.3 is 5.97 Å². The molecule has 1 fully saturated rings. The van der Waals surface area contributed by atoms with Crippen molar-refractivity contribution in [1.29, 1.82) is 0 Å². The third-order valence-electron chi connectivity index (χ3n) is 4.76. The van der Waals surface area contributed by atoms with Crippen LogP contribution in [-0.4, -0.2) is 49.8 Å². The van der Waals surface area contributed by atoms with Gasteiger partial charge in [-0.15, -0.1) is 0 Å². The summed E-state index contributed by atoms with van der Waals surface area (Å²) in [5.74, 6) is 0.267. The molecule has 2 unspecified atom stereocenters. The van der Waals surface area contributed by atoms with Crippen LogP contribution in [0.25, 0.3) is 0 Å². The smallest absolute Gasteiger partial charge is 0.306 e. The van der Waals surface area contributed by atoms with Crippen molar-refractivity contribution in [2.75, 3.05) is 27.7 Å². The molecule has 0 aliphatic heterocycles. The number of esters is 1. The predicted octanol–water partition coefficient (Wildman–Crippen LogP) is 3.17. The van der Waals surface area contributed by atoms with Crippen LogP contribution in [0.1, 0.15) is 50.2 Å². The van der Waals surface area contributed by atoms with Gasteiger partial charge in [0.1, 0.15) is 11.9 Å². The summed E-state index contributed by atoms with van der Waals surface area (Å²) in [7, 11) is 5.49. The van der Waals surface area contributed by atoms with Gasteiger partial charge in [-0.3, -0.25) is 4.79 Å². The third-order valence-corrected chi connectivity index (χ3v) is 4.76. The molecule has 1 aliphatic carbocycles. The number of carbonyl (C=O) groups is 1. The number of ether oxygens (including phenoxy) is 2. The van der Waals surface area contributed by atoms with Crippen LogP contribution in [0, 0.1) is 5.92 Å². The number of hydrogen-bond donors (Lipinski definition) is 1. The van der Waals surface area contributed by atoms with Crippen molar-refractivity contribution in [3.8, 4) is 5.75 Å². The number of rotatable bonds is 8. The molecule has 1 aromatic rings. The molecule has 5 heteroatoms. The molecule has 0 radical (unpaired) electrons. The van der Waals surface area contributed by atoms with E-state index in [-0.39, 0.29) is 24.4 Å². The Labute approximate surface area is 150 Å². The highest BCUT2D eigenvalue weighted by Crippen LogP contribution is 2.29. The minimum Gasteiger partial charge on any atom is -0.497 e. The summed E-state index contributed by atoms with van der Waals surface area (Å²) in [6.07, 6.45) is 4.94. The number of methoxy groups -OCH3 is 1. The molecule has 2 rings (SSSR count). The summed E-state index contributed by atoms with van der Waals surface area (Å²) in [6, 6.07) is 7.38. The summed E-state index contributed by atoms with van der Waals surface area (Å²) >= 11 is 0. The quantitative estimate of drug-likeness (QED) is 0.731. The average Bonchev–Trinajstić information content (AvgIpc) is 2.61. The molecule has 25 heavy (non-hydrogen) atoms. The standard InChI is InChI=1S/C20H31NO4/c1-21(2)14-16(13-19(22)25-17-9-5-4-6-10-17)20(23)15-8-7-11-18(12-15)24-3/h7-8,11-12,16-17,20,23H,4-6,9-10,13-14H2,1-3H3. The van der Waals surface area contributed by atoms with Gasteiger partial charge in [0.2, 0.25) is 0 Å². The highest BCUT2D eigenvalue weighted by atomic mass is 16.5. The van der Waals surface area contributed by atoms with Gasteiger partial charge in [-0.05, 0) is 57.5 Å². The molecule has 2 atom stereocenters. The van der Waals surface area contributed by atoms with Crippen LogP contribution in [0.5, 0.6) is 5.75 Å². The molecule has 0 spiro atoms. The van der Waals surface area contributed by atoms with Crippen LogP contribution in [0.3, 0.4) is 0 Å². The lowest BCUT2D eigenvalue weighted by atomic mass is 9.92. The van der Waals surface area contributed by atoms with E-state index in [1.54, 1.807) is 7.11 Å². The van der Waals surface area contributed by atoms with Crippen molar-refractivity contribution in [1.82, 2.24) is 4.90 Å². The minimum absolute atomic E-state index is 0.0511. The molecule has 140 valence electrons. The Morgan fingerprint density at radius 1 is 1.28 bits per heavy atom. The number of nitrogens with zero attached hydrogens (tertiary/aromatic N) is 1. The van der Waals surface area contributed by atoms with Gasteiger partial charge in [-0.1, -0.05) is 18.6 Å². The summed E-state index contributed by atoms with van der Waals surface area (Å²) in [4.78, 5) is 14.4. The van der Waals surface area contributed by atoms with Crippen LogP contribution in [0.2, 0.25) is 0 Å². The Morgan fingerprint density at radius 3 is 2.64 bits per heavy atom. The second-order valence-corrected chi connectivity index (χ2v) is 7.20. The van der Waals surface area contributed by atoms with E-state index in [1.165, 1.54) is 6.42 Å². The number of aliphatic hydroxyl groups excluding tert-OH is 1. The first-order chi connectivity index (χ1) is 12.0. The molecule has 1 N–H and O–H groups in total. The number of hydrogen-bond acceptors (Lipinski definition) is 5. The van der Waals surface area contributed by atoms with E-state index in [0.717, 1.165) is 31.2 Å². The number of benzene rings is 1. The fraction of sp³-hybridized carbons (Fsp3) is 0.650. The Morgan fingerprint density at radius 2 is 2.00 bits per heavy atom. The molecule has 0 amide bonds. The van der Waals surface area contributed by atoms with Crippen LogP contribution in [0.15, 0.2) is 24.3 Å². The molecule has 0 heterocycles. The number of carbonyl (C=O) groups excluding carboxylic acids is 1. The first-order valence-corrected chi connectivity index (χ1v) is 9.16. The first-order valence-electron chi connectivity index (χ1n) is 9.16. The van der Waals surface area contributed by atoms with Crippen molar-refractivity contribution >= 4 is 5.97 Å². The lowest BCUT2D eigenvalue weighted by Crippen LogP contribution is -2.30. The van der Waals surface area contributed by atoms with Gasteiger partial charge in [0, 0.05) is 12.5 Å². The molecular formula is C20H31NO4. The maximum Gasteiger partial charge on any atom is 0.306 e. The summed E-state index contributed by atoms with van der Waals surface area (Å²) in [5.41, 5.74) is 0.761. The summed E-state index contributed by atoms with van der Waals surface area (Å²) < 4.78 is 10.9. The van der Waals surface area contributed by atoms with Gasteiger partial charge in [0.15, 0.2) is 0 Å². The van der Waals surface area contributed by atoms with Crippen molar-refractivity contribution in [2.45, 2.75) is 50.7 Å². The average molecular weight is 349 g/mol. The van der Waals surface area contributed by atoms with Gasteiger partial charge in [0.05, 0.1) is 19.6 Å². The van der Waals surface area contributed by atoms with Gasteiger partial charge < -0.3 is 19.5 Å². The van der Waals surface area contributed by atoms with Crippen molar-refractivity contribution in [3.63, 3.8) is 0 Å². The molecule has 0 saturated heterocycles. The maximum absolute atomic E-state index is 12.4. The first kappa shape index (κ1) is 19.7. The lowest BCUT2D eigenvalue weighted by molar-refractivity contribution is -0.153. The van der Waals surface area contributed by atoms with Gasteiger partial charge in [0.25, 0.3) is 0 Å². The fourth-order valence-electron chi connectivity index (χ4n) is 3.47. The van der Waals surface area contributed by atoms with E-state index in [4.69, 9.17) is 9.47 Å². The van der Waals surface area contributed by atoms with Gasteiger partial charge in [-0.25, -0.2) is 0 Å². The normalized spacial score (nSPS) is 18.0. The predicted molar refractivity (Wildman–Crippen MR) is 97.6 cm³/mol. The van der Waals surface area contributed by atoms with E-state index in [2.05, 4.69) is 0 Å². The van der Waals surface area contributed by atoms with E-state index in [0.29, 0.717) is 12.3 Å². The topological polar surface area (TPSA) is 59.0 Å². The summed E-state index contributed by atoms with van der Waals surface area (Å²) in [5, 5.41) is 10.8. The molecule has 1 saturated carbocycles. The van der Waals surface area contributed by atoms with Crippen LogP contribution < -0.4 is 4.74 Å². The zero-order chi connectivity index (χ0) is 18.2. The van der Waals surface area contributed by atoms with E-state index < -0.39 is 6.10 Å². The van der Waals surface area contributed by atoms with E-state index in [9.17, 15) is 9.90 Å². The SMILES string of the molecule is COc1cccc(C(O)C(CC(=O)OC2CCCCC2)CN(C)C)c1. The van der Waals surface area contributed by atoms with E-state index >= 15 is 0 Å². The summed E-state index contributed by atoms with van der Waals surface area (Å²) in [6.45, 7) is 0.609. The Bertz CT molecular complexity index is 540. The van der Waals surface area contributed by atoms with Crippen molar-refractivity contribution in [2.24, 2.45) is 5.92 Å². The molecular weight excluding hydrogens is 318 g/mol. The lowest BCUT2D eigenvalue weighted by Gasteiger charge is -2.27. The van der Waals surface area contributed by atoms with Crippen molar-refractivity contribution in [3.05, 3.63) is 29.8 Å². The largest absolute Gasteiger partial charge is 0.497 e. The molecule has 1 aromatic carbocycles. The third kappa shape index (κ3) is 6.33. The molecule has 0 aromatic heterocycles. The molecule has 0 bridgehead atoms. The Kier molecular flexibility index (Phi) is 7.72. The highest BCUT2D eigenvalue weighted by Gasteiger charge is 2.27. The fourth-order valence-corrected chi connectivity index (χ4v) is 3.47. The monoisotopic (exact) mass is 349 g/mol. The van der Waals surface area contributed by atoms with Crippen LogP contribution in [0.4, 0.5) is 0 Å². The van der Waals surface area contributed by atoms with Gasteiger partial charge in [-0.2, -0.15) is 0 Å². The maximum atomic E-state index is 12.4. The zero-order valence-corrected chi connectivity index (χ0v) is 15.6. The van der Waals surface area contributed by atoms with Crippen LogP contribution in [-0.2, 0) is 9.53 Å². The molecule has 1 aliphatic rings. The van der Waals surface area contributed by atoms with Crippen LogP contribution >= 0.6 is 0 Å². The minimum atomic E-state index is -0.739. The zero-order valence-electron chi connectivity index (χ0n) is 15.6. The Hall–Kier alpha value is -1.59. The highest BCUT2D eigenvalue weighted by molar-refractivity contribution is 5.70. The van der Waals surface area contributed by atoms with E-state index in [1.807, 2.05) is 43.3 Å². The van der Waals surface area contributed by atoms with Crippen molar-refractivity contribution < 1.29 is 19.4 Å². The Balaban J connectivity index is 2.02. The number of aliphatic hydroxyl groups is 1.